The summed E-state index contributed by atoms with van der Waals surface area (Å²) in [6, 6.07) is 1.49. The molecule has 5 rings (SSSR count). The van der Waals surface area contributed by atoms with Crippen molar-refractivity contribution in [1.29, 1.82) is 0 Å². The number of phenolic OH excluding ortho intramolecular Hbond substituents is 1. The molecule has 29 heavy (non-hydrogen) atoms. The van der Waals surface area contributed by atoms with Crippen molar-refractivity contribution in [2.75, 3.05) is 24.5 Å². The van der Waals surface area contributed by atoms with E-state index in [0.717, 1.165) is 70.0 Å². The number of β-lactam (4-membered cyclic amide) rings is 1. The number of likely N-dealkylation sites (tertiary alicyclic amines) is 1. The maximum absolute atomic E-state index is 13.4. The van der Waals surface area contributed by atoms with Gasteiger partial charge in [0, 0.05) is 48.9 Å². The minimum atomic E-state index is -0.711. The van der Waals surface area contributed by atoms with Crippen molar-refractivity contribution >= 4 is 17.5 Å². The number of rotatable bonds is 4. The summed E-state index contributed by atoms with van der Waals surface area (Å²) in [6.07, 6.45) is 9.92. The first-order valence-electron chi connectivity index (χ1n) is 11.4. The fraction of sp³-hybridized carbons (Fsp3) is 0.652. The van der Waals surface area contributed by atoms with E-state index in [-0.39, 0.29) is 23.6 Å². The van der Waals surface area contributed by atoms with Gasteiger partial charge in [0.15, 0.2) is 0 Å². The summed E-state index contributed by atoms with van der Waals surface area (Å²) >= 11 is 0. The minimum absolute atomic E-state index is 0.00110. The molecule has 1 aromatic rings. The lowest BCUT2D eigenvalue weighted by atomic mass is 9.86. The van der Waals surface area contributed by atoms with Gasteiger partial charge in [-0.1, -0.05) is 19.3 Å². The largest absolute Gasteiger partial charge is 0.507 e. The van der Waals surface area contributed by atoms with Gasteiger partial charge in [0.05, 0.1) is 0 Å². The van der Waals surface area contributed by atoms with Crippen molar-refractivity contribution in [2.45, 2.75) is 76.3 Å². The average Bonchev–Trinajstić information content (AvgIpc) is 2.74. The van der Waals surface area contributed by atoms with E-state index in [1.807, 2.05) is 6.07 Å². The molecule has 3 heterocycles. The van der Waals surface area contributed by atoms with Gasteiger partial charge < -0.3 is 20.2 Å². The zero-order valence-corrected chi connectivity index (χ0v) is 17.1. The van der Waals surface area contributed by atoms with E-state index in [0.29, 0.717) is 18.5 Å². The third-order valence-corrected chi connectivity index (χ3v) is 7.22. The predicted octanol–water partition coefficient (Wildman–Crippen LogP) is 2.81. The molecule has 1 saturated carbocycles. The van der Waals surface area contributed by atoms with Crippen LogP contribution < -0.4 is 10.2 Å². The van der Waals surface area contributed by atoms with Crippen LogP contribution in [0.1, 0.15) is 74.1 Å². The van der Waals surface area contributed by atoms with Gasteiger partial charge in [-0.15, -0.1) is 0 Å². The van der Waals surface area contributed by atoms with E-state index in [9.17, 15) is 14.7 Å². The fourth-order valence-electron chi connectivity index (χ4n) is 5.66. The lowest BCUT2D eigenvalue weighted by Crippen LogP contribution is -2.52. The van der Waals surface area contributed by atoms with Gasteiger partial charge in [0.2, 0.25) is 11.8 Å². The summed E-state index contributed by atoms with van der Waals surface area (Å²) in [6.45, 7) is 2.66. The number of carbonyl (C=O) groups is 2. The lowest BCUT2D eigenvalue weighted by molar-refractivity contribution is -0.149. The van der Waals surface area contributed by atoms with Crippen LogP contribution in [0.15, 0.2) is 6.07 Å². The molecule has 3 aliphatic heterocycles. The van der Waals surface area contributed by atoms with Crippen LogP contribution >= 0.6 is 0 Å². The van der Waals surface area contributed by atoms with Crippen LogP contribution in [-0.4, -0.2) is 47.5 Å². The number of nitrogens with one attached hydrogen (secondary N) is 1. The standard InChI is InChI=1S/C23H31N3O3/c27-19-10-13-26(19)21(23(29)24-16-7-2-1-3-8-16)18-14-15-6-4-11-25-12-5-9-17(20(15)25)22(18)28/h14,16,21,28H,1-13H2,(H,24,29)/t21-/m1/s1. The van der Waals surface area contributed by atoms with Crippen LogP contribution in [0.2, 0.25) is 0 Å². The molecule has 2 N–H and O–H groups in total. The van der Waals surface area contributed by atoms with Gasteiger partial charge in [-0.3, -0.25) is 9.59 Å². The molecule has 0 bridgehead atoms. The van der Waals surface area contributed by atoms with Crippen molar-refractivity contribution in [3.8, 4) is 5.75 Å². The van der Waals surface area contributed by atoms with E-state index in [4.69, 9.17) is 0 Å². The van der Waals surface area contributed by atoms with Crippen LogP contribution in [0.3, 0.4) is 0 Å². The SMILES string of the molecule is O=C(NC1CCCCC1)[C@@H](c1cc2c3c(c1O)CCCN3CCC2)N1CCC1=O. The molecule has 6 heteroatoms. The Balaban J connectivity index is 1.52. The fourth-order valence-corrected chi connectivity index (χ4v) is 5.66. The van der Waals surface area contributed by atoms with Gasteiger partial charge in [-0.05, 0) is 50.2 Å². The Bertz CT molecular complexity index is 829. The van der Waals surface area contributed by atoms with Gasteiger partial charge >= 0.3 is 0 Å². The summed E-state index contributed by atoms with van der Waals surface area (Å²) < 4.78 is 0. The molecular weight excluding hydrogens is 366 g/mol. The molecular formula is C23H31N3O3. The zero-order chi connectivity index (χ0) is 20.0. The third-order valence-electron chi connectivity index (χ3n) is 7.22. The van der Waals surface area contributed by atoms with Crippen LogP contribution in [0, 0.1) is 0 Å². The Morgan fingerprint density at radius 1 is 1.03 bits per heavy atom. The monoisotopic (exact) mass is 397 g/mol. The zero-order valence-electron chi connectivity index (χ0n) is 17.1. The quantitative estimate of drug-likeness (QED) is 0.767. The average molecular weight is 398 g/mol. The third kappa shape index (κ3) is 3.26. The smallest absolute Gasteiger partial charge is 0.247 e. The maximum Gasteiger partial charge on any atom is 0.247 e. The Kier molecular flexibility index (Phi) is 4.88. The van der Waals surface area contributed by atoms with E-state index in [2.05, 4.69) is 10.2 Å². The predicted molar refractivity (Wildman–Crippen MR) is 111 cm³/mol. The number of amides is 2. The molecule has 1 saturated heterocycles. The summed E-state index contributed by atoms with van der Waals surface area (Å²) in [5, 5.41) is 14.4. The molecule has 1 atom stereocenters. The molecule has 6 nitrogen and oxygen atoms in total. The molecule has 2 amide bonds. The van der Waals surface area contributed by atoms with Gasteiger partial charge in [0.25, 0.3) is 0 Å². The molecule has 0 unspecified atom stereocenters. The Hall–Kier alpha value is -2.24. The maximum atomic E-state index is 13.4. The van der Waals surface area contributed by atoms with E-state index in [1.165, 1.54) is 17.7 Å². The normalized spacial score (nSPS) is 22.7. The molecule has 0 spiro atoms. The summed E-state index contributed by atoms with van der Waals surface area (Å²) in [4.78, 5) is 29.7. The molecule has 156 valence electrons. The number of aryl methyl sites for hydroxylation is 1. The minimum Gasteiger partial charge on any atom is -0.507 e. The Labute approximate surface area is 172 Å². The van der Waals surface area contributed by atoms with Gasteiger partial charge in [-0.25, -0.2) is 0 Å². The second-order valence-corrected chi connectivity index (χ2v) is 9.08. The highest BCUT2D eigenvalue weighted by Crippen LogP contribution is 2.45. The van der Waals surface area contributed by atoms with Crippen molar-refractivity contribution in [2.24, 2.45) is 0 Å². The number of benzene rings is 1. The molecule has 1 aromatic carbocycles. The first-order chi connectivity index (χ1) is 14.1. The summed E-state index contributed by atoms with van der Waals surface area (Å²) in [5.74, 6) is 0.107. The Morgan fingerprint density at radius 3 is 2.48 bits per heavy atom. The van der Waals surface area contributed by atoms with Gasteiger partial charge in [-0.2, -0.15) is 0 Å². The number of carbonyl (C=O) groups excluding carboxylic acids is 2. The number of hydrogen-bond acceptors (Lipinski definition) is 4. The highest BCUT2D eigenvalue weighted by Gasteiger charge is 2.40. The van der Waals surface area contributed by atoms with Crippen LogP contribution in [0.5, 0.6) is 5.75 Å². The molecule has 0 radical (unpaired) electrons. The first kappa shape index (κ1) is 18.8. The lowest BCUT2D eigenvalue weighted by Gasteiger charge is -2.41. The number of phenols is 1. The first-order valence-corrected chi connectivity index (χ1v) is 11.4. The van der Waals surface area contributed by atoms with Crippen LogP contribution in [0.25, 0.3) is 0 Å². The summed E-state index contributed by atoms with van der Waals surface area (Å²) in [7, 11) is 0. The highest BCUT2D eigenvalue weighted by molar-refractivity contribution is 5.92. The van der Waals surface area contributed by atoms with Crippen molar-refractivity contribution in [3.05, 3.63) is 22.8 Å². The number of hydrogen-bond donors (Lipinski definition) is 2. The van der Waals surface area contributed by atoms with Crippen LogP contribution in [0.4, 0.5) is 5.69 Å². The number of aromatic hydroxyl groups is 1. The van der Waals surface area contributed by atoms with Crippen molar-refractivity contribution in [1.82, 2.24) is 10.2 Å². The summed E-state index contributed by atoms with van der Waals surface area (Å²) in [5.41, 5.74) is 4.02. The Morgan fingerprint density at radius 2 is 1.79 bits per heavy atom. The molecule has 4 aliphatic rings. The van der Waals surface area contributed by atoms with E-state index in [1.54, 1.807) is 4.90 Å². The molecule has 1 aliphatic carbocycles. The van der Waals surface area contributed by atoms with Crippen molar-refractivity contribution in [3.63, 3.8) is 0 Å². The topological polar surface area (TPSA) is 72.9 Å². The van der Waals surface area contributed by atoms with Crippen LogP contribution in [-0.2, 0) is 22.4 Å². The van der Waals surface area contributed by atoms with Gasteiger partial charge in [0.1, 0.15) is 11.8 Å². The number of anilines is 1. The second-order valence-electron chi connectivity index (χ2n) is 9.08. The second kappa shape index (κ2) is 7.54. The van der Waals surface area contributed by atoms with E-state index < -0.39 is 6.04 Å². The highest BCUT2D eigenvalue weighted by atomic mass is 16.3. The molecule has 2 fully saturated rings. The number of nitrogens with zero attached hydrogens (tertiary/aromatic N) is 2. The molecule has 0 aromatic heterocycles. The van der Waals surface area contributed by atoms with E-state index >= 15 is 0 Å². The van der Waals surface area contributed by atoms with Crippen molar-refractivity contribution < 1.29 is 14.7 Å².